The van der Waals surface area contributed by atoms with E-state index in [-0.39, 0.29) is 47.1 Å². The molecule has 0 aromatic heterocycles. The molecule has 40 heavy (non-hydrogen) atoms. The molecule has 5 atom stereocenters. The molecule has 0 radical (unpaired) electrons. The van der Waals surface area contributed by atoms with Crippen molar-refractivity contribution in [3.8, 4) is 11.1 Å². The Balaban J connectivity index is 1.50. The van der Waals surface area contributed by atoms with Gasteiger partial charge in [0.25, 0.3) is 0 Å². The van der Waals surface area contributed by atoms with Crippen LogP contribution in [0.2, 0.25) is 18.1 Å². The Morgan fingerprint density at radius 3 is 2.38 bits per heavy atom. The number of hydrogen-bond acceptors (Lipinski definition) is 5. The van der Waals surface area contributed by atoms with E-state index in [0.717, 1.165) is 30.4 Å². The lowest BCUT2D eigenvalue weighted by Crippen LogP contribution is -2.43. The molecule has 4 rings (SSSR count). The third-order valence-corrected chi connectivity index (χ3v) is 13.4. The van der Waals surface area contributed by atoms with Crippen LogP contribution in [0.4, 0.5) is 0 Å². The van der Waals surface area contributed by atoms with Gasteiger partial charge in [-0.2, -0.15) is 0 Å². The summed E-state index contributed by atoms with van der Waals surface area (Å²) in [6.07, 6.45) is 9.09. The van der Waals surface area contributed by atoms with Crippen LogP contribution in [0.5, 0.6) is 0 Å². The first kappa shape index (κ1) is 30.3. The molecule has 0 amide bonds. The van der Waals surface area contributed by atoms with Crippen molar-refractivity contribution in [3.63, 3.8) is 0 Å². The number of rotatable bonds is 11. The van der Waals surface area contributed by atoms with E-state index in [1.165, 1.54) is 6.42 Å². The van der Waals surface area contributed by atoms with Crippen molar-refractivity contribution in [1.82, 2.24) is 0 Å². The molecule has 2 aromatic carbocycles. The number of carbonyl (C=O) groups excluding carboxylic acids is 2. The van der Waals surface area contributed by atoms with Crippen LogP contribution in [0, 0.1) is 11.8 Å². The van der Waals surface area contributed by atoms with Crippen molar-refractivity contribution in [2.45, 2.75) is 103 Å². The summed E-state index contributed by atoms with van der Waals surface area (Å²) < 4.78 is 18.5. The molecular formula is C34H46O5Si. The zero-order valence-electron chi connectivity index (χ0n) is 25.0. The minimum absolute atomic E-state index is 0.00592. The van der Waals surface area contributed by atoms with Gasteiger partial charge in [0.1, 0.15) is 12.2 Å². The molecule has 0 spiro atoms. The standard InChI is InChI=1S/C34H46O5Si/c1-7-8-10-15-27(39-40(5,6)34(2,3)4)20-21-28-29-22-32(35)37-31(29)23-30(28)38-33(36)26-18-16-25(17-19-26)24-13-11-9-12-14-24/h9,11-14,16-21,27-31H,7-8,10,15,22-23H2,1-6H3/b21-20+/t27?,28-,29-,30-,31+/m1/s1. The van der Waals surface area contributed by atoms with Crippen LogP contribution in [0.1, 0.15) is 76.6 Å². The lowest BCUT2D eigenvalue weighted by Gasteiger charge is -2.39. The molecule has 2 aliphatic rings. The Morgan fingerprint density at radius 2 is 1.73 bits per heavy atom. The predicted molar refractivity (Wildman–Crippen MR) is 163 cm³/mol. The number of benzene rings is 2. The largest absolute Gasteiger partial charge is 0.462 e. The number of carbonyl (C=O) groups is 2. The van der Waals surface area contributed by atoms with Crippen molar-refractivity contribution in [2.75, 3.05) is 0 Å². The molecular weight excluding hydrogens is 516 g/mol. The van der Waals surface area contributed by atoms with E-state index in [0.29, 0.717) is 18.4 Å². The molecule has 1 aliphatic heterocycles. The lowest BCUT2D eigenvalue weighted by atomic mass is 9.91. The summed E-state index contributed by atoms with van der Waals surface area (Å²) in [5.74, 6) is -0.565. The minimum Gasteiger partial charge on any atom is -0.462 e. The number of hydrogen-bond donors (Lipinski definition) is 0. The first-order chi connectivity index (χ1) is 19.0. The zero-order valence-corrected chi connectivity index (χ0v) is 26.0. The molecule has 1 saturated carbocycles. The quantitative estimate of drug-likeness (QED) is 0.119. The topological polar surface area (TPSA) is 61.8 Å². The molecule has 1 aliphatic carbocycles. The third kappa shape index (κ3) is 7.32. The number of ether oxygens (including phenoxy) is 2. The minimum atomic E-state index is -1.97. The fourth-order valence-corrected chi connectivity index (χ4v) is 6.83. The number of esters is 2. The Kier molecular flexibility index (Phi) is 9.73. The lowest BCUT2D eigenvalue weighted by molar-refractivity contribution is -0.141. The van der Waals surface area contributed by atoms with E-state index in [1.54, 1.807) is 0 Å². The summed E-state index contributed by atoms with van der Waals surface area (Å²) in [5.41, 5.74) is 2.68. The van der Waals surface area contributed by atoms with Crippen LogP contribution in [-0.4, -0.2) is 38.6 Å². The molecule has 2 aromatic rings. The van der Waals surface area contributed by atoms with Gasteiger partial charge in [-0.05, 0) is 47.8 Å². The Bertz CT molecular complexity index is 1170. The van der Waals surface area contributed by atoms with Gasteiger partial charge in [-0.25, -0.2) is 4.79 Å². The van der Waals surface area contributed by atoms with Crippen LogP contribution >= 0.6 is 0 Å². The maximum absolute atomic E-state index is 13.2. The molecule has 0 bridgehead atoms. The molecule has 1 heterocycles. The normalized spacial score (nSPS) is 23.7. The highest BCUT2D eigenvalue weighted by atomic mass is 28.4. The highest BCUT2D eigenvalue weighted by molar-refractivity contribution is 6.74. The smallest absolute Gasteiger partial charge is 0.338 e. The second-order valence-electron chi connectivity index (χ2n) is 12.9. The van der Waals surface area contributed by atoms with E-state index in [9.17, 15) is 9.59 Å². The number of fused-ring (bicyclic) bond motifs is 1. The summed E-state index contributed by atoms with van der Waals surface area (Å²) in [4.78, 5) is 25.4. The van der Waals surface area contributed by atoms with Gasteiger partial charge in [0.05, 0.1) is 18.1 Å². The fourth-order valence-electron chi connectivity index (χ4n) is 5.52. The van der Waals surface area contributed by atoms with Crippen molar-refractivity contribution >= 4 is 20.3 Å². The van der Waals surface area contributed by atoms with Crippen LogP contribution in [-0.2, 0) is 18.7 Å². The average molecular weight is 563 g/mol. The second kappa shape index (κ2) is 12.9. The highest BCUT2D eigenvalue weighted by Crippen LogP contribution is 2.44. The van der Waals surface area contributed by atoms with E-state index >= 15 is 0 Å². The SMILES string of the molecule is CCCCCC(/C=C/[C@@H]1[C@H]2CC(=O)O[C@H]2C[C@H]1OC(=O)c1ccc(-c2ccccc2)cc1)O[Si](C)(C)C(C)(C)C. The summed E-state index contributed by atoms with van der Waals surface area (Å²) >= 11 is 0. The number of unbranched alkanes of at least 4 members (excludes halogenated alkanes) is 2. The van der Waals surface area contributed by atoms with Crippen molar-refractivity contribution in [1.29, 1.82) is 0 Å². The van der Waals surface area contributed by atoms with Gasteiger partial charge in [-0.1, -0.05) is 102 Å². The fraction of sp³-hybridized carbons (Fsp3) is 0.529. The van der Waals surface area contributed by atoms with Gasteiger partial charge in [0.2, 0.25) is 0 Å². The van der Waals surface area contributed by atoms with Crippen molar-refractivity contribution in [2.24, 2.45) is 11.8 Å². The first-order valence-electron chi connectivity index (χ1n) is 14.9. The van der Waals surface area contributed by atoms with Gasteiger partial charge in [-0.15, -0.1) is 0 Å². The van der Waals surface area contributed by atoms with Crippen molar-refractivity contribution in [3.05, 3.63) is 72.3 Å². The summed E-state index contributed by atoms with van der Waals surface area (Å²) in [5, 5.41) is 0.113. The maximum atomic E-state index is 13.2. The Hall–Kier alpha value is -2.70. The monoisotopic (exact) mass is 562 g/mol. The highest BCUT2D eigenvalue weighted by Gasteiger charge is 2.51. The first-order valence-corrected chi connectivity index (χ1v) is 17.8. The van der Waals surface area contributed by atoms with E-state index in [4.69, 9.17) is 13.9 Å². The molecule has 0 N–H and O–H groups in total. The molecule has 1 unspecified atom stereocenters. The second-order valence-corrected chi connectivity index (χ2v) is 17.7. The molecule has 5 nitrogen and oxygen atoms in total. The van der Waals surface area contributed by atoms with Gasteiger partial charge in [0.15, 0.2) is 8.32 Å². The van der Waals surface area contributed by atoms with E-state index in [2.05, 4.69) is 52.9 Å². The summed E-state index contributed by atoms with van der Waals surface area (Å²) in [7, 11) is -1.97. The summed E-state index contributed by atoms with van der Waals surface area (Å²) in [6, 6.07) is 17.6. The zero-order chi connectivity index (χ0) is 28.9. The Labute approximate surface area is 241 Å². The third-order valence-electron chi connectivity index (χ3n) is 8.93. The molecule has 6 heteroatoms. The van der Waals surface area contributed by atoms with Gasteiger partial charge >= 0.3 is 11.9 Å². The summed E-state index contributed by atoms with van der Waals surface area (Å²) in [6.45, 7) is 13.6. The van der Waals surface area contributed by atoms with Crippen molar-refractivity contribution < 1.29 is 23.5 Å². The maximum Gasteiger partial charge on any atom is 0.338 e. The average Bonchev–Trinajstić information content (AvgIpc) is 3.42. The van der Waals surface area contributed by atoms with E-state index in [1.807, 2.05) is 54.6 Å². The van der Waals surface area contributed by atoms with Gasteiger partial charge in [0, 0.05) is 18.3 Å². The van der Waals surface area contributed by atoms with Crippen LogP contribution in [0.3, 0.4) is 0 Å². The molecule has 1 saturated heterocycles. The van der Waals surface area contributed by atoms with Crippen LogP contribution in [0.25, 0.3) is 11.1 Å². The van der Waals surface area contributed by atoms with E-state index < -0.39 is 8.32 Å². The molecule has 216 valence electrons. The molecule has 2 fully saturated rings. The van der Waals surface area contributed by atoms with Gasteiger partial charge < -0.3 is 13.9 Å². The van der Waals surface area contributed by atoms with Gasteiger partial charge in [-0.3, -0.25) is 4.79 Å². The predicted octanol–water partition coefficient (Wildman–Crippen LogP) is 8.36. The van der Waals surface area contributed by atoms with Crippen LogP contribution < -0.4 is 0 Å². The van der Waals surface area contributed by atoms with Crippen LogP contribution in [0.15, 0.2) is 66.7 Å². The Morgan fingerprint density at radius 1 is 1.05 bits per heavy atom.